The summed E-state index contributed by atoms with van der Waals surface area (Å²) in [7, 11) is 0. The van der Waals surface area contributed by atoms with Crippen LogP contribution < -0.4 is 4.74 Å². The van der Waals surface area contributed by atoms with E-state index >= 15 is 0 Å². The van der Waals surface area contributed by atoms with Crippen LogP contribution in [0.3, 0.4) is 0 Å². The molecule has 144 valence electrons. The van der Waals surface area contributed by atoms with Gasteiger partial charge in [0.1, 0.15) is 0 Å². The molecular formula is C19H17N3O6. The summed E-state index contributed by atoms with van der Waals surface area (Å²) in [6.45, 7) is 1.30. The smallest absolute Gasteiger partial charge is 0.359 e. The van der Waals surface area contributed by atoms with Crippen LogP contribution in [-0.4, -0.2) is 52.1 Å². The molecule has 2 bridgehead atoms. The first-order chi connectivity index (χ1) is 13.6. The number of furan rings is 1. The lowest BCUT2D eigenvalue weighted by atomic mass is 9.82. The van der Waals surface area contributed by atoms with Crippen LogP contribution in [0.1, 0.15) is 12.8 Å². The molecule has 0 radical (unpaired) electrons. The molecule has 0 aromatic carbocycles. The number of piperidine rings is 3. The molecule has 4 aliphatic rings. The number of aromatic nitrogens is 2. The molecule has 0 saturated carbocycles. The Morgan fingerprint density at radius 3 is 2.39 bits per heavy atom. The second-order valence-electron chi connectivity index (χ2n) is 6.94. The van der Waals surface area contributed by atoms with Gasteiger partial charge in [-0.15, -0.1) is 10.2 Å². The van der Waals surface area contributed by atoms with Crippen LogP contribution in [0.25, 0.3) is 11.3 Å². The molecule has 28 heavy (non-hydrogen) atoms. The maximum atomic E-state index is 12.1. The van der Waals surface area contributed by atoms with Gasteiger partial charge in [0.25, 0.3) is 0 Å². The molecule has 0 N–H and O–H groups in total. The molecule has 1 unspecified atom stereocenters. The van der Waals surface area contributed by atoms with Crippen molar-refractivity contribution in [3.05, 3.63) is 42.9 Å². The zero-order valence-corrected chi connectivity index (χ0v) is 14.8. The molecule has 1 atom stereocenters. The van der Waals surface area contributed by atoms with Crippen molar-refractivity contribution in [3.63, 3.8) is 0 Å². The molecule has 4 aliphatic heterocycles. The number of esters is 2. The van der Waals surface area contributed by atoms with Crippen molar-refractivity contribution < 1.29 is 28.2 Å². The van der Waals surface area contributed by atoms with Gasteiger partial charge in [-0.3, -0.25) is 0 Å². The fraction of sp³-hybridized carbons (Fsp3) is 0.368. The number of carbonyl (C=O) groups excluding carboxylic acids is 2. The fourth-order valence-electron chi connectivity index (χ4n) is 4.00. The van der Waals surface area contributed by atoms with Crippen LogP contribution in [0.15, 0.2) is 47.3 Å². The first kappa shape index (κ1) is 16.9. The third-order valence-electron chi connectivity index (χ3n) is 5.32. The zero-order chi connectivity index (χ0) is 19.1. The van der Waals surface area contributed by atoms with Gasteiger partial charge in [0, 0.05) is 42.8 Å². The number of ether oxygens (including phenoxy) is 3. The Hall–Kier alpha value is -3.20. The van der Waals surface area contributed by atoms with Crippen molar-refractivity contribution in [2.75, 3.05) is 13.1 Å². The summed E-state index contributed by atoms with van der Waals surface area (Å²) in [6, 6.07) is 5.22. The summed E-state index contributed by atoms with van der Waals surface area (Å²) in [4.78, 5) is 26.0. The van der Waals surface area contributed by atoms with Crippen LogP contribution in [0, 0.1) is 5.92 Å². The van der Waals surface area contributed by atoms with E-state index in [0.717, 1.165) is 30.6 Å². The minimum absolute atomic E-state index is 0.0547. The predicted octanol–water partition coefficient (Wildman–Crippen LogP) is 1.52. The van der Waals surface area contributed by atoms with E-state index in [1.807, 2.05) is 4.90 Å². The largest absolute Gasteiger partial charge is 0.472 e. The maximum absolute atomic E-state index is 12.1. The van der Waals surface area contributed by atoms with E-state index in [1.54, 1.807) is 30.7 Å². The number of rotatable bonds is 3. The number of hydrogen-bond acceptors (Lipinski definition) is 9. The Bertz CT molecular complexity index is 896. The van der Waals surface area contributed by atoms with E-state index in [0.29, 0.717) is 18.8 Å². The van der Waals surface area contributed by atoms with Gasteiger partial charge in [-0.05, 0) is 25.0 Å². The second kappa shape index (κ2) is 6.45. The predicted molar refractivity (Wildman–Crippen MR) is 92.5 cm³/mol. The molecule has 2 aromatic heterocycles. The molecule has 3 fully saturated rings. The summed E-state index contributed by atoms with van der Waals surface area (Å²) in [5.41, 5.74) is 1.44. The summed E-state index contributed by atoms with van der Waals surface area (Å²) >= 11 is 0. The first-order valence-corrected chi connectivity index (χ1v) is 9.06. The van der Waals surface area contributed by atoms with Gasteiger partial charge in [-0.1, -0.05) is 0 Å². The quantitative estimate of drug-likeness (QED) is 0.730. The minimum Gasteiger partial charge on any atom is -0.472 e. The third-order valence-corrected chi connectivity index (χ3v) is 5.32. The third kappa shape index (κ3) is 2.75. The van der Waals surface area contributed by atoms with Crippen molar-refractivity contribution in [1.82, 2.24) is 15.1 Å². The van der Waals surface area contributed by atoms with E-state index in [9.17, 15) is 9.59 Å². The van der Waals surface area contributed by atoms with Gasteiger partial charge in [0.05, 0.1) is 18.2 Å². The number of hydrogen-bond donors (Lipinski definition) is 0. The highest BCUT2D eigenvalue weighted by Crippen LogP contribution is 2.43. The Kier molecular flexibility index (Phi) is 3.90. The lowest BCUT2D eigenvalue weighted by Gasteiger charge is -2.54. The van der Waals surface area contributed by atoms with E-state index < -0.39 is 24.0 Å². The van der Waals surface area contributed by atoms with Crippen LogP contribution >= 0.6 is 0 Å². The highest BCUT2D eigenvalue weighted by atomic mass is 16.8. The van der Waals surface area contributed by atoms with Gasteiger partial charge in [0.15, 0.2) is 6.10 Å². The number of nitrogens with zero attached hydrogens (tertiary/aromatic N) is 3. The van der Waals surface area contributed by atoms with Gasteiger partial charge in [0.2, 0.25) is 5.88 Å². The Morgan fingerprint density at radius 1 is 1.04 bits per heavy atom. The standard InChI is InChI=1S/C19H17N3O6/c23-16-3-4-17(24)28-19(27-16)18(12-5-8-22(19)9-6-12)26-15-2-1-14(20-21-15)13-7-10-25-11-13/h1-4,7,10-12,18H,5-6,8-9H2. The molecule has 0 aliphatic carbocycles. The molecular weight excluding hydrogens is 366 g/mol. The normalized spacial score (nSPS) is 27.9. The zero-order valence-electron chi connectivity index (χ0n) is 14.8. The highest BCUT2D eigenvalue weighted by Gasteiger charge is 2.62. The SMILES string of the molecule is O=C1C=CC(=O)OC2(O1)C(Oc1ccc(-c3ccoc3)nn1)C1CCN2CC1. The maximum Gasteiger partial charge on any atom is 0.359 e. The second-order valence-corrected chi connectivity index (χ2v) is 6.94. The van der Waals surface area contributed by atoms with E-state index in [4.69, 9.17) is 18.6 Å². The molecule has 2 aromatic rings. The lowest BCUT2D eigenvalue weighted by molar-refractivity contribution is -0.349. The average molecular weight is 383 g/mol. The van der Waals surface area contributed by atoms with Crippen LogP contribution in [0.2, 0.25) is 0 Å². The number of carbonyl (C=O) groups is 2. The van der Waals surface area contributed by atoms with E-state index in [1.165, 1.54) is 0 Å². The monoisotopic (exact) mass is 383 g/mol. The molecule has 9 nitrogen and oxygen atoms in total. The van der Waals surface area contributed by atoms with E-state index in [-0.39, 0.29) is 11.8 Å². The average Bonchev–Trinajstić information content (AvgIpc) is 3.20. The van der Waals surface area contributed by atoms with Crippen LogP contribution in [0.4, 0.5) is 0 Å². The van der Waals surface area contributed by atoms with E-state index in [2.05, 4.69) is 10.2 Å². The summed E-state index contributed by atoms with van der Waals surface area (Å²) in [6.07, 6.45) is 6.25. The Morgan fingerprint density at radius 2 is 1.79 bits per heavy atom. The highest BCUT2D eigenvalue weighted by molar-refractivity contribution is 5.93. The number of fused-ring (bicyclic) bond motifs is 2. The molecule has 1 spiro atoms. The van der Waals surface area contributed by atoms with Crippen LogP contribution in [0.5, 0.6) is 5.88 Å². The van der Waals surface area contributed by atoms with Gasteiger partial charge < -0.3 is 18.6 Å². The Labute approximate surface area is 159 Å². The summed E-state index contributed by atoms with van der Waals surface area (Å²) in [5.74, 6) is -2.57. The molecule has 0 amide bonds. The van der Waals surface area contributed by atoms with Crippen molar-refractivity contribution in [3.8, 4) is 17.1 Å². The fourth-order valence-corrected chi connectivity index (χ4v) is 4.00. The minimum atomic E-state index is -1.59. The van der Waals surface area contributed by atoms with Crippen LogP contribution in [-0.2, 0) is 19.1 Å². The summed E-state index contributed by atoms with van der Waals surface area (Å²) < 4.78 is 22.3. The molecule has 3 saturated heterocycles. The lowest BCUT2D eigenvalue weighted by Crippen LogP contribution is -2.71. The topological polar surface area (TPSA) is 104 Å². The van der Waals surface area contributed by atoms with Crippen molar-refractivity contribution in [2.45, 2.75) is 24.9 Å². The molecule has 6 rings (SSSR count). The van der Waals surface area contributed by atoms with Gasteiger partial charge >= 0.3 is 17.8 Å². The van der Waals surface area contributed by atoms with Crippen molar-refractivity contribution in [2.24, 2.45) is 5.92 Å². The van der Waals surface area contributed by atoms with Gasteiger partial charge in [-0.2, -0.15) is 0 Å². The first-order valence-electron chi connectivity index (χ1n) is 9.06. The molecule has 6 heterocycles. The molecule has 9 heteroatoms. The summed E-state index contributed by atoms with van der Waals surface area (Å²) in [5, 5.41) is 8.28. The Balaban J connectivity index is 1.45. The van der Waals surface area contributed by atoms with Crippen molar-refractivity contribution >= 4 is 11.9 Å². The van der Waals surface area contributed by atoms with Crippen molar-refractivity contribution in [1.29, 1.82) is 0 Å². The van der Waals surface area contributed by atoms with Gasteiger partial charge in [-0.25, -0.2) is 14.5 Å².